The summed E-state index contributed by atoms with van der Waals surface area (Å²) in [5.74, 6) is -1.77. The minimum absolute atomic E-state index is 0.884. The molecule has 0 spiro atoms. The predicted octanol–water partition coefficient (Wildman–Crippen LogP) is -16.0. The van der Waals surface area contributed by atoms with Crippen LogP contribution in [0.25, 0.3) is 0 Å². The molecule has 488 valence electrons. The highest BCUT2D eigenvalue weighted by Gasteiger charge is 2.59. The van der Waals surface area contributed by atoms with Crippen LogP contribution in [-0.2, 0) is 71.2 Å². The van der Waals surface area contributed by atoms with Gasteiger partial charge in [-0.05, 0) is 0 Å². The van der Waals surface area contributed by atoms with Crippen molar-refractivity contribution in [1.82, 2.24) is 10.6 Å². The molecule has 2 amide bonds. The van der Waals surface area contributed by atoms with Gasteiger partial charge in [-0.1, -0.05) is 0 Å². The Kier molecular flexibility index (Phi) is 24.6. The summed E-state index contributed by atoms with van der Waals surface area (Å²) in [6, 6.07) is -3.68. The lowest BCUT2D eigenvalue weighted by Crippen LogP contribution is -2.71. The average Bonchev–Trinajstić information content (AvgIpc) is 1.79. The number of nitrogens with one attached hydrogen (secondary N) is 2. The van der Waals surface area contributed by atoms with Gasteiger partial charge in [-0.25, -0.2) is 0 Å². The number of rotatable bonds is 21. The number of amides is 2. The van der Waals surface area contributed by atoms with E-state index in [4.69, 9.17) is 61.6 Å². The summed E-state index contributed by atoms with van der Waals surface area (Å²) in [6.45, 7) is -5.09. The monoisotopic (exact) mass is 1230 g/mol. The van der Waals surface area contributed by atoms with E-state index in [-0.39, 0.29) is 0 Å². The van der Waals surface area contributed by atoms with Crippen molar-refractivity contribution in [2.24, 2.45) is 0 Å². The van der Waals surface area contributed by atoms with Gasteiger partial charge in [0.1, 0.15) is 171 Å². The molecule has 7 aliphatic rings. The highest BCUT2D eigenvalue weighted by Crippen LogP contribution is 2.38. The maximum Gasteiger partial charge on any atom is 0.217 e. The van der Waals surface area contributed by atoms with Crippen LogP contribution in [0.4, 0.5) is 0 Å². The maximum absolute atomic E-state index is 12.7. The largest absolute Gasteiger partial charge is 0.394 e. The van der Waals surface area contributed by atoms with E-state index in [1.165, 1.54) is 0 Å². The van der Waals surface area contributed by atoms with Gasteiger partial charge in [-0.3, -0.25) is 9.59 Å². The zero-order valence-corrected chi connectivity index (χ0v) is 44.7. The number of aliphatic hydroxyl groups is 21. The smallest absolute Gasteiger partial charge is 0.217 e. The Morgan fingerprint density at radius 2 is 0.548 bits per heavy atom. The molecule has 84 heavy (non-hydrogen) atoms. The summed E-state index contributed by atoms with van der Waals surface area (Å²) in [5, 5.41) is 230. The molecule has 0 aromatic carbocycles. The number of carbonyl (C=O) groups excluding carboxylic acids is 2. The molecule has 0 aliphatic carbocycles. The Balaban J connectivity index is 1.08. The summed E-state index contributed by atoms with van der Waals surface area (Å²) in [5.41, 5.74) is 0. The summed E-state index contributed by atoms with van der Waals surface area (Å²) in [7, 11) is 0. The Bertz CT molecular complexity index is 2060. The number of hydrogen-bond acceptors (Lipinski definition) is 36. The Labute approximate surface area is 475 Å². The maximum atomic E-state index is 12.7. The highest BCUT2D eigenvalue weighted by molar-refractivity contribution is 5.73. The first-order chi connectivity index (χ1) is 39.8. The summed E-state index contributed by atoms with van der Waals surface area (Å²) in [6.07, 6.45) is -64.2. The van der Waals surface area contributed by atoms with Gasteiger partial charge in [0.2, 0.25) is 11.8 Å². The first kappa shape index (κ1) is 69.1. The van der Waals surface area contributed by atoms with E-state index in [0.717, 1.165) is 13.8 Å². The van der Waals surface area contributed by atoms with Crippen LogP contribution in [0.5, 0.6) is 0 Å². The molecule has 38 nitrogen and oxygen atoms in total. The van der Waals surface area contributed by atoms with Crippen molar-refractivity contribution in [3.05, 3.63) is 0 Å². The Morgan fingerprint density at radius 1 is 0.286 bits per heavy atom. The number of hydrogen-bond donors (Lipinski definition) is 23. The lowest BCUT2D eigenvalue weighted by Gasteiger charge is -2.51. The van der Waals surface area contributed by atoms with Crippen LogP contribution in [0.2, 0.25) is 0 Å². The first-order valence-electron chi connectivity index (χ1n) is 26.6. The van der Waals surface area contributed by atoms with E-state index in [1.54, 1.807) is 0 Å². The standard InChI is InChI=1S/C46H78N2O36/c1-10(56)47-19-25(62)34(17(8-54)77-42(19)83-38-23(60)14(5-51)76-46(32(38)69)81-36-16(7-53)72-40(71)29(66)28(36)65)79-44-31(68)37(22(59)13(4-50)74-44)82-41-20(48-11(2)57)26(63)35(18(9-55)78-41)80-45-33(70)39(24(61)15(6-52)75-45)84-43-30(67)27(64)21(58)12(3-49)73-43/h12-46,49-55,58-71H,3-9H2,1-2H3,(H,47,56)(H,48,57)/t12-,13-,14-,15-,16-,17-,18-,19-,20-,21-,22+,23+,24+,25-,26-,27+,28-,29-,30-,31-,32-,33-,34-,35-,36-,37+,38+,39+,40?,41+,42+,43+,44+,45+,46+/m1/s1. The molecule has 0 aromatic rings. The molecule has 23 N–H and O–H groups in total. The molecule has 7 rings (SSSR count). The number of ether oxygens (including phenoxy) is 13. The summed E-state index contributed by atoms with van der Waals surface area (Å²) < 4.78 is 74.0. The highest BCUT2D eigenvalue weighted by atomic mass is 16.8. The van der Waals surface area contributed by atoms with Gasteiger partial charge in [-0.15, -0.1) is 0 Å². The minimum atomic E-state index is -2.28. The van der Waals surface area contributed by atoms with E-state index < -0.39 is 273 Å². The molecule has 0 bridgehead atoms. The van der Waals surface area contributed by atoms with Gasteiger partial charge in [-0.2, -0.15) is 0 Å². The molecule has 7 saturated heterocycles. The van der Waals surface area contributed by atoms with E-state index >= 15 is 0 Å². The van der Waals surface area contributed by atoms with E-state index in [0.29, 0.717) is 0 Å². The third kappa shape index (κ3) is 14.6. The van der Waals surface area contributed by atoms with Crippen LogP contribution in [0.1, 0.15) is 13.8 Å². The molecule has 0 radical (unpaired) electrons. The minimum Gasteiger partial charge on any atom is -0.394 e. The van der Waals surface area contributed by atoms with Gasteiger partial charge in [0.05, 0.1) is 46.2 Å². The van der Waals surface area contributed by atoms with Gasteiger partial charge in [0.25, 0.3) is 0 Å². The van der Waals surface area contributed by atoms with Crippen LogP contribution in [-0.4, -0.2) is 380 Å². The molecule has 7 heterocycles. The molecule has 38 heteroatoms. The number of carbonyl (C=O) groups is 2. The van der Waals surface area contributed by atoms with Crippen molar-refractivity contribution < 1.29 is 178 Å². The van der Waals surface area contributed by atoms with E-state index in [2.05, 4.69) is 10.6 Å². The zero-order chi connectivity index (χ0) is 61.9. The topological polar surface area (TPSA) is 603 Å². The molecule has 0 aromatic heterocycles. The normalized spacial score (nSPS) is 50.3. The molecule has 35 atom stereocenters. The van der Waals surface area contributed by atoms with Crippen LogP contribution >= 0.6 is 0 Å². The van der Waals surface area contributed by atoms with E-state index in [1.807, 2.05) is 0 Å². The molecular weight excluding hydrogens is 1160 g/mol. The van der Waals surface area contributed by atoms with Crippen molar-refractivity contribution in [3.8, 4) is 0 Å². The fourth-order valence-electron chi connectivity index (χ4n) is 10.8. The SMILES string of the molecule is CC(=O)N[C@H]1[C@H](O[C@H]2[C@@H](O)[C@@H](CO)O[C@@H](O[C@H]3[C@H](O)[C@@H](NC(C)=O)[C@H](O[C@H]4[C@@H](O)[C@@H](CO)O[C@@H](O[C@H]5[C@H](O)[C@@H](O)C(O)O[C@@H]5CO)[C@@H]4O)O[C@@H]3CO)[C@@H]2O)O[C@H](CO)[C@@H](O[C@@H]2O[C@H](CO)[C@H](O)[C@H](O[C@@H]3O[C@H](CO)[C@@H](O)[C@H](O)[C@H]3O)[C@H]2O)[C@@H]1O. The van der Waals surface area contributed by atoms with Gasteiger partial charge in [0, 0.05) is 13.8 Å². The average molecular weight is 1240 g/mol. The fourth-order valence-corrected chi connectivity index (χ4v) is 10.8. The van der Waals surface area contributed by atoms with Crippen molar-refractivity contribution in [1.29, 1.82) is 0 Å². The fraction of sp³-hybridized carbons (Fsp3) is 0.957. The first-order valence-corrected chi connectivity index (χ1v) is 26.6. The lowest BCUT2D eigenvalue weighted by atomic mass is 9.93. The third-order valence-corrected chi connectivity index (χ3v) is 15.3. The van der Waals surface area contributed by atoms with Crippen molar-refractivity contribution >= 4 is 11.8 Å². The molecule has 0 saturated carbocycles. The van der Waals surface area contributed by atoms with Crippen LogP contribution in [0, 0.1) is 0 Å². The number of aliphatic hydroxyl groups excluding tert-OH is 21. The van der Waals surface area contributed by atoms with Crippen LogP contribution < -0.4 is 10.6 Å². The van der Waals surface area contributed by atoms with Gasteiger partial charge < -0.3 is 179 Å². The van der Waals surface area contributed by atoms with Gasteiger partial charge >= 0.3 is 0 Å². The summed E-state index contributed by atoms with van der Waals surface area (Å²) in [4.78, 5) is 25.4. The second-order valence-electron chi connectivity index (χ2n) is 21.0. The predicted molar refractivity (Wildman–Crippen MR) is 255 cm³/mol. The zero-order valence-electron chi connectivity index (χ0n) is 44.7. The molecular formula is C46H78N2O36. The molecule has 1 unspecified atom stereocenters. The third-order valence-electron chi connectivity index (χ3n) is 15.3. The Hall–Kier alpha value is -2.42. The van der Waals surface area contributed by atoms with Crippen molar-refractivity contribution in [3.63, 3.8) is 0 Å². The Morgan fingerprint density at radius 3 is 0.869 bits per heavy atom. The van der Waals surface area contributed by atoms with Crippen LogP contribution in [0.15, 0.2) is 0 Å². The van der Waals surface area contributed by atoms with Crippen molar-refractivity contribution in [2.45, 2.75) is 229 Å². The lowest BCUT2D eigenvalue weighted by molar-refractivity contribution is -0.389. The molecule has 7 fully saturated rings. The van der Waals surface area contributed by atoms with Gasteiger partial charge in [0.15, 0.2) is 44.0 Å². The summed E-state index contributed by atoms with van der Waals surface area (Å²) >= 11 is 0. The second-order valence-corrected chi connectivity index (χ2v) is 21.0. The van der Waals surface area contributed by atoms with E-state index in [9.17, 15) is 117 Å². The second kappa shape index (κ2) is 29.9. The molecule has 7 aliphatic heterocycles. The quantitative estimate of drug-likeness (QED) is 0.0507. The van der Waals surface area contributed by atoms with Crippen molar-refractivity contribution in [2.75, 3.05) is 46.2 Å². The van der Waals surface area contributed by atoms with Crippen LogP contribution in [0.3, 0.4) is 0 Å².